The predicted octanol–water partition coefficient (Wildman–Crippen LogP) is 1.67. The average molecular weight is 289 g/mol. The number of rotatable bonds is 3. The van der Waals surface area contributed by atoms with Crippen LogP contribution < -0.4 is 10.6 Å². The maximum absolute atomic E-state index is 12.0. The second-order valence-corrected chi connectivity index (χ2v) is 5.28. The van der Waals surface area contributed by atoms with E-state index in [9.17, 15) is 4.79 Å². The summed E-state index contributed by atoms with van der Waals surface area (Å²) in [5.74, 6) is 0.761. The lowest BCUT2D eigenvalue weighted by molar-refractivity contribution is 0.0573. The fourth-order valence-corrected chi connectivity index (χ4v) is 2.56. The second-order valence-electron chi connectivity index (χ2n) is 5.28. The van der Waals surface area contributed by atoms with Crippen molar-refractivity contribution >= 4 is 17.6 Å². The Morgan fingerprint density at radius 1 is 1.43 bits per heavy atom. The average Bonchev–Trinajstić information content (AvgIpc) is 2.90. The molecule has 112 valence electrons. The Bertz CT molecular complexity index is 588. The first-order valence-corrected chi connectivity index (χ1v) is 7.19. The van der Waals surface area contributed by atoms with Crippen LogP contribution in [0.5, 0.6) is 0 Å². The van der Waals surface area contributed by atoms with E-state index in [0.29, 0.717) is 17.5 Å². The number of nitrogens with zero attached hydrogens (tertiary/aromatic N) is 3. The zero-order valence-electron chi connectivity index (χ0n) is 12.0. The molecule has 1 aliphatic heterocycles. The zero-order valence-corrected chi connectivity index (χ0v) is 12.0. The lowest BCUT2D eigenvalue weighted by Crippen LogP contribution is -2.42. The highest BCUT2D eigenvalue weighted by Gasteiger charge is 2.22. The number of pyridine rings is 1. The highest BCUT2D eigenvalue weighted by Crippen LogP contribution is 2.18. The normalized spacial score (nSPS) is 17.6. The molecule has 3 rings (SSSR count). The molecular formula is C14H19N5O2. The van der Waals surface area contributed by atoms with Crippen LogP contribution in [0.4, 0.5) is 10.7 Å². The summed E-state index contributed by atoms with van der Waals surface area (Å²) in [5.41, 5.74) is 0.699. The Balaban J connectivity index is 1.58. The molecule has 7 heteroatoms. The van der Waals surface area contributed by atoms with Gasteiger partial charge in [0.1, 0.15) is 0 Å². The summed E-state index contributed by atoms with van der Waals surface area (Å²) in [6.45, 7) is 3.56. The van der Waals surface area contributed by atoms with Crippen molar-refractivity contribution in [3.8, 4) is 0 Å². The molecule has 1 fully saturated rings. The molecular weight excluding hydrogens is 270 g/mol. The van der Waals surface area contributed by atoms with E-state index < -0.39 is 0 Å². The van der Waals surface area contributed by atoms with Crippen molar-refractivity contribution in [2.24, 2.45) is 5.92 Å². The molecule has 21 heavy (non-hydrogen) atoms. The minimum atomic E-state index is -0.273. The van der Waals surface area contributed by atoms with Crippen LogP contribution in [0.25, 0.3) is 5.65 Å². The SMILES string of the molecule is C[C@@H](NC(=O)Nc1nc2ccccn2n1)C1CCOCC1. The molecule has 0 bridgehead atoms. The number of hydrogen-bond donors (Lipinski definition) is 2. The summed E-state index contributed by atoms with van der Waals surface area (Å²) < 4.78 is 6.96. The molecule has 0 unspecified atom stereocenters. The summed E-state index contributed by atoms with van der Waals surface area (Å²) in [6, 6.07) is 5.40. The van der Waals surface area contributed by atoms with Crippen LogP contribution in [-0.4, -0.2) is 39.9 Å². The van der Waals surface area contributed by atoms with Gasteiger partial charge in [0.15, 0.2) is 5.65 Å². The van der Waals surface area contributed by atoms with Crippen molar-refractivity contribution in [2.45, 2.75) is 25.8 Å². The molecule has 0 radical (unpaired) electrons. The number of amides is 2. The van der Waals surface area contributed by atoms with Gasteiger partial charge in [0.25, 0.3) is 5.95 Å². The van der Waals surface area contributed by atoms with Gasteiger partial charge in [-0.05, 0) is 37.8 Å². The van der Waals surface area contributed by atoms with Gasteiger partial charge in [-0.1, -0.05) is 6.07 Å². The van der Waals surface area contributed by atoms with Gasteiger partial charge in [-0.15, -0.1) is 5.10 Å². The number of anilines is 1. The molecule has 2 aromatic rings. The van der Waals surface area contributed by atoms with Crippen molar-refractivity contribution in [3.63, 3.8) is 0 Å². The Morgan fingerprint density at radius 3 is 3.00 bits per heavy atom. The number of carbonyl (C=O) groups is 1. The number of carbonyl (C=O) groups excluding carboxylic acids is 1. The minimum Gasteiger partial charge on any atom is -0.381 e. The van der Waals surface area contributed by atoms with E-state index in [1.807, 2.05) is 25.1 Å². The maximum Gasteiger partial charge on any atom is 0.321 e. The van der Waals surface area contributed by atoms with E-state index in [-0.39, 0.29) is 12.1 Å². The molecule has 0 spiro atoms. The Labute approximate surface area is 122 Å². The monoisotopic (exact) mass is 289 g/mol. The van der Waals surface area contributed by atoms with E-state index in [1.165, 1.54) is 0 Å². The van der Waals surface area contributed by atoms with E-state index in [1.54, 1.807) is 10.7 Å². The van der Waals surface area contributed by atoms with Crippen molar-refractivity contribution in [1.82, 2.24) is 19.9 Å². The quantitative estimate of drug-likeness (QED) is 0.900. The standard InChI is InChI=1S/C14H19N5O2/c1-10(11-5-8-21-9-6-11)15-14(20)17-13-16-12-4-2-3-7-19(12)18-13/h2-4,7,10-11H,5-6,8-9H2,1H3,(H2,15,17,18,20)/t10-/m1/s1. The first kappa shape index (κ1) is 13.8. The van der Waals surface area contributed by atoms with Gasteiger partial charge in [-0.3, -0.25) is 5.32 Å². The highest BCUT2D eigenvalue weighted by molar-refractivity contribution is 5.87. The smallest absolute Gasteiger partial charge is 0.321 e. The molecule has 2 N–H and O–H groups in total. The van der Waals surface area contributed by atoms with Crippen LogP contribution >= 0.6 is 0 Å². The lowest BCUT2D eigenvalue weighted by atomic mass is 9.93. The molecule has 1 saturated heterocycles. The lowest BCUT2D eigenvalue weighted by Gasteiger charge is -2.28. The van der Waals surface area contributed by atoms with Gasteiger partial charge in [0.2, 0.25) is 0 Å². The zero-order chi connectivity index (χ0) is 14.7. The molecule has 0 aliphatic carbocycles. The molecule has 1 atom stereocenters. The fourth-order valence-electron chi connectivity index (χ4n) is 2.56. The summed E-state index contributed by atoms with van der Waals surface area (Å²) in [7, 11) is 0. The third kappa shape index (κ3) is 3.30. The van der Waals surface area contributed by atoms with Crippen molar-refractivity contribution in [1.29, 1.82) is 0 Å². The van der Waals surface area contributed by atoms with E-state index >= 15 is 0 Å². The van der Waals surface area contributed by atoms with Gasteiger partial charge in [0.05, 0.1) is 0 Å². The van der Waals surface area contributed by atoms with Crippen LogP contribution in [-0.2, 0) is 4.74 Å². The number of nitrogens with one attached hydrogen (secondary N) is 2. The minimum absolute atomic E-state index is 0.103. The van der Waals surface area contributed by atoms with Crippen LogP contribution in [0.15, 0.2) is 24.4 Å². The fraction of sp³-hybridized carbons (Fsp3) is 0.500. The largest absolute Gasteiger partial charge is 0.381 e. The van der Waals surface area contributed by atoms with Gasteiger partial charge < -0.3 is 10.1 Å². The highest BCUT2D eigenvalue weighted by atomic mass is 16.5. The van der Waals surface area contributed by atoms with E-state index in [0.717, 1.165) is 26.1 Å². The van der Waals surface area contributed by atoms with Crippen LogP contribution in [0, 0.1) is 5.92 Å². The summed E-state index contributed by atoms with van der Waals surface area (Å²) in [6.07, 6.45) is 3.75. The number of hydrogen-bond acceptors (Lipinski definition) is 4. The van der Waals surface area contributed by atoms with Gasteiger partial charge in [-0.25, -0.2) is 9.31 Å². The number of aromatic nitrogens is 3. The molecule has 0 saturated carbocycles. The van der Waals surface area contributed by atoms with Crippen LogP contribution in [0.1, 0.15) is 19.8 Å². The van der Waals surface area contributed by atoms with E-state index in [2.05, 4.69) is 20.7 Å². The van der Waals surface area contributed by atoms with Gasteiger partial charge in [-0.2, -0.15) is 4.98 Å². The summed E-state index contributed by atoms with van der Waals surface area (Å²) in [4.78, 5) is 16.2. The predicted molar refractivity (Wildman–Crippen MR) is 78.1 cm³/mol. The summed E-state index contributed by atoms with van der Waals surface area (Å²) >= 11 is 0. The Hall–Kier alpha value is -2.15. The number of ether oxygens (including phenoxy) is 1. The third-order valence-corrected chi connectivity index (χ3v) is 3.80. The molecule has 2 amide bonds. The Morgan fingerprint density at radius 2 is 2.24 bits per heavy atom. The molecule has 1 aliphatic rings. The number of urea groups is 1. The molecule has 0 aromatic carbocycles. The molecule has 3 heterocycles. The second kappa shape index (κ2) is 6.09. The van der Waals surface area contributed by atoms with Crippen LogP contribution in [0.3, 0.4) is 0 Å². The topological polar surface area (TPSA) is 80.6 Å². The molecule has 7 nitrogen and oxygen atoms in total. The Kier molecular flexibility index (Phi) is 4.01. The first-order chi connectivity index (χ1) is 10.2. The van der Waals surface area contributed by atoms with Crippen molar-refractivity contribution < 1.29 is 9.53 Å². The van der Waals surface area contributed by atoms with Crippen molar-refractivity contribution in [2.75, 3.05) is 18.5 Å². The van der Waals surface area contributed by atoms with Gasteiger partial charge in [0, 0.05) is 25.5 Å². The van der Waals surface area contributed by atoms with Gasteiger partial charge >= 0.3 is 6.03 Å². The van der Waals surface area contributed by atoms with Crippen molar-refractivity contribution in [3.05, 3.63) is 24.4 Å². The molecule has 2 aromatic heterocycles. The third-order valence-electron chi connectivity index (χ3n) is 3.80. The number of fused-ring (bicyclic) bond motifs is 1. The first-order valence-electron chi connectivity index (χ1n) is 7.19. The summed E-state index contributed by atoms with van der Waals surface area (Å²) in [5, 5.41) is 9.81. The van der Waals surface area contributed by atoms with Crippen LogP contribution in [0.2, 0.25) is 0 Å². The maximum atomic E-state index is 12.0. The van der Waals surface area contributed by atoms with E-state index in [4.69, 9.17) is 4.74 Å².